The molecule has 0 radical (unpaired) electrons. The molecule has 2 aromatic carbocycles. The van der Waals surface area contributed by atoms with Crippen LogP contribution in [-0.4, -0.2) is 0 Å². The number of hydrogen-bond acceptors (Lipinski definition) is 1. The van der Waals surface area contributed by atoms with Crippen LogP contribution in [0.4, 0.5) is 5.69 Å². The molecule has 0 atom stereocenters. The van der Waals surface area contributed by atoms with E-state index >= 15 is 0 Å². The zero-order valence-corrected chi connectivity index (χ0v) is 10.4. The minimum Gasteiger partial charge on any atom is -0.398 e. The Balaban J connectivity index is 2.63. The molecule has 16 heavy (non-hydrogen) atoms. The number of hydrogen-bond donors (Lipinski definition) is 1. The molecule has 0 aliphatic rings. The Morgan fingerprint density at radius 1 is 0.812 bits per heavy atom. The zero-order valence-electron chi connectivity index (χ0n) is 8.18. The summed E-state index contributed by atoms with van der Waals surface area (Å²) in [6.45, 7) is 0. The number of anilines is 1. The van der Waals surface area contributed by atoms with Gasteiger partial charge in [-0.05, 0) is 29.8 Å². The van der Waals surface area contributed by atoms with Crippen molar-refractivity contribution in [3.05, 3.63) is 51.5 Å². The molecule has 0 spiro atoms. The largest absolute Gasteiger partial charge is 0.398 e. The molecule has 0 aliphatic heterocycles. The first-order chi connectivity index (χ1) is 7.59. The third-order valence-corrected chi connectivity index (χ3v) is 3.31. The van der Waals surface area contributed by atoms with Gasteiger partial charge in [-0.2, -0.15) is 0 Å². The second-order valence-electron chi connectivity index (χ2n) is 3.33. The molecular weight excluding hydrogens is 264 g/mol. The van der Waals surface area contributed by atoms with Crippen LogP contribution in [0.2, 0.25) is 15.1 Å². The number of rotatable bonds is 1. The van der Waals surface area contributed by atoms with Crippen LogP contribution in [0, 0.1) is 0 Å². The van der Waals surface area contributed by atoms with Gasteiger partial charge in [0.05, 0.1) is 15.1 Å². The summed E-state index contributed by atoms with van der Waals surface area (Å²) in [5.41, 5.74) is 8.14. The zero-order chi connectivity index (χ0) is 11.7. The normalized spacial score (nSPS) is 10.4. The molecule has 0 bridgehead atoms. The summed E-state index contributed by atoms with van der Waals surface area (Å²) in [6.07, 6.45) is 0. The highest BCUT2D eigenvalue weighted by molar-refractivity contribution is 6.42. The Labute approximate surface area is 109 Å². The van der Waals surface area contributed by atoms with Crippen molar-refractivity contribution in [3.8, 4) is 11.1 Å². The summed E-state index contributed by atoms with van der Waals surface area (Å²) in [5.74, 6) is 0. The minimum absolute atomic E-state index is 0.485. The summed E-state index contributed by atoms with van der Waals surface area (Å²) in [6, 6.07) is 10.7. The maximum atomic E-state index is 6.10. The van der Waals surface area contributed by atoms with E-state index in [0.717, 1.165) is 11.1 Å². The van der Waals surface area contributed by atoms with Gasteiger partial charge in [-0.1, -0.05) is 46.9 Å². The fourth-order valence-corrected chi connectivity index (χ4v) is 2.09. The van der Waals surface area contributed by atoms with Crippen LogP contribution in [0.15, 0.2) is 36.4 Å². The molecule has 0 aromatic heterocycles. The van der Waals surface area contributed by atoms with Crippen molar-refractivity contribution in [1.29, 1.82) is 0 Å². The smallest absolute Gasteiger partial charge is 0.0598 e. The molecule has 0 fully saturated rings. The highest BCUT2D eigenvalue weighted by Crippen LogP contribution is 2.36. The van der Waals surface area contributed by atoms with Crippen molar-refractivity contribution in [2.24, 2.45) is 0 Å². The number of benzene rings is 2. The van der Waals surface area contributed by atoms with Gasteiger partial charge in [0.1, 0.15) is 0 Å². The molecule has 0 heterocycles. The number of nitrogen functional groups attached to an aromatic ring is 1. The van der Waals surface area contributed by atoms with E-state index in [-0.39, 0.29) is 0 Å². The van der Waals surface area contributed by atoms with E-state index in [0.29, 0.717) is 20.8 Å². The quantitative estimate of drug-likeness (QED) is 0.734. The van der Waals surface area contributed by atoms with Gasteiger partial charge >= 0.3 is 0 Å². The maximum absolute atomic E-state index is 6.10. The molecule has 2 N–H and O–H groups in total. The van der Waals surface area contributed by atoms with Gasteiger partial charge < -0.3 is 5.73 Å². The summed E-state index contributed by atoms with van der Waals surface area (Å²) in [4.78, 5) is 0. The van der Waals surface area contributed by atoms with Crippen molar-refractivity contribution in [2.45, 2.75) is 0 Å². The lowest BCUT2D eigenvalue weighted by Gasteiger charge is -2.08. The molecule has 0 amide bonds. The maximum Gasteiger partial charge on any atom is 0.0598 e. The predicted molar refractivity (Wildman–Crippen MR) is 71.3 cm³/mol. The first kappa shape index (κ1) is 11.6. The van der Waals surface area contributed by atoms with Crippen molar-refractivity contribution in [1.82, 2.24) is 0 Å². The van der Waals surface area contributed by atoms with E-state index in [1.54, 1.807) is 30.3 Å². The van der Waals surface area contributed by atoms with Crippen LogP contribution in [0.1, 0.15) is 0 Å². The van der Waals surface area contributed by atoms with E-state index in [1.807, 2.05) is 6.07 Å². The predicted octanol–water partition coefficient (Wildman–Crippen LogP) is 4.90. The summed E-state index contributed by atoms with van der Waals surface area (Å²) in [7, 11) is 0. The molecule has 0 aliphatic carbocycles. The SMILES string of the molecule is Nc1cccc(Cl)c1-c1ccc(Cl)c(Cl)c1. The third kappa shape index (κ3) is 2.12. The molecule has 0 saturated carbocycles. The molecule has 4 heteroatoms. The first-order valence-corrected chi connectivity index (χ1v) is 5.72. The van der Waals surface area contributed by atoms with Crippen molar-refractivity contribution < 1.29 is 0 Å². The topological polar surface area (TPSA) is 26.0 Å². The van der Waals surface area contributed by atoms with Gasteiger partial charge in [0, 0.05) is 11.3 Å². The lowest BCUT2D eigenvalue weighted by Crippen LogP contribution is -1.90. The van der Waals surface area contributed by atoms with Crippen LogP contribution in [0.3, 0.4) is 0 Å². The van der Waals surface area contributed by atoms with Gasteiger partial charge in [0.25, 0.3) is 0 Å². The Kier molecular flexibility index (Phi) is 3.29. The summed E-state index contributed by atoms with van der Waals surface area (Å²) >= 11 is 17.9. The van der Waals surface area contributed by atoms with Gasteiger partial charge in [-0.25, -0.2) is 0 Å². The molecule has 1 nitrogen and oxygen atoms in total. The molecule has 0 unspecified atom stereocenters. The monoisotopic (exact) mass is 271 g/mol. The average molecular weight is 273 g/mol. The summed E-state index contributed by atoms with van der Waals surface area (Å²) in [5, 5.41) is 1.59. The second kappa shape index (κ2) is 4.54. The van der Waals surface area contributed by atoms with Gasteiger partial charge in [-0.3, -0.25) is 0 Å². The average Bonchev–Trinajstić information content (AvgIpc) is 2.23. The van der Waals surface area contributed by atoms with Crippen LogP contribution in [0.5, 0.6) is 0 Å². The van der Waals surface area contributed by atoms with Crippen LogP contribution in [0.25, 0.3) is 11.1 Å². The van der Waals surface area contributed by atoms with Crippen molar-refractivity contribution in [2.75, 3.05) is 5.73 Å². The summed E-state index contributed by atoms with van der Waals surface area (Å²) < 4.78 is 0. The van der Waals surface area contributed by atoms with Crippen LogP contribution < -0.4 is 5.73 Å². The number of halogens is 3. The highest BCUT2D eigenvalue weighted by Gasteiger charge is 2.08. The Morgan fingerprint density at radius 2 is 1.56 bits per heavy atom. The van der Waals surface area contributed by atoms with Crippen molar-refractivity contribution >= 4 is 40.5 Å². The standard InChI is InChI=1S/C12H8Cl3N/c13-8-5-4-7(6-10(8)15)12-9(14)2-1-3-11(12)16/h1-6H,16H2. The van der Waals surface area contributed by atoms with E-state index < -0.39 is 0 Å². The van der Waals surface area contributed by atoms with Crippen LogP contribution in [-0.2, 0) is 0 Å². The van der Waals surface area contributed by atoms with E-state index in [4.69, 9.17) is 40.5 Å². The van der Waals surface area contributed by atoms with E-state index in [2.05, 4.69) is 0 Å². The first-order valence-electron chi connectivity index (χ1n) is 4.59. The molecular formula is C12H8Cl3N. The van der Waals surface area contributed by atoms with Crippen LogP contribution >= 0.6 is 34.8 Å². The Morgan fingerprint density at radius 3 is 2.19 bits per heavy atom. The van der Waals surface area contributed by atoms with E-state index in [1.165, 1.54) is 0 Å². The highest BCUT2D eigenvalue weighted by atomic mass is 35.5. The van der Waals surface area contributed by atoms with Gasteiger partial charge in [-0.15, -0.1) is 0 Å². The Bertz CT molecular complexity index is 518. The minimum atomic E-state index is 0.485. The lowest BCUT2D eigenvalue weighted by molar-refractivity contribution is 1.61. The lowest BCUT2D eigenvalue weighted by atomic mass is 10.0. The number of nitrogens with two attached hydrogens (primary N) is 1. The third-order valence-electron chi connectivity index (χ3n) is 2.25. The molecule has 0 saturated heterocycles. The van der Waals surface area contributed by atoms with Gasteiger partial charge in [0.2, 0.25) is 0 Å². The molecule has 2 aromatic rings. The Hall–Kier alpha value is -0.890. The molecule has 82 valence electrons. The molecule has 2 rings (SSSR count). The van der Waals surface area contributed by atoms with Crippen molar-refractivity contribution in [3.63, 3.8) is 0 Å². The second-order valence-corrected chi connectivity index (χ2v) is 4.55. The fourth-order valence-electron chi connectivity index (χ4n) is 1.50. The van der Waals surface area contributed by atoms with E-state index in [9.17, 15) is 0 Å². The fraction of sp³-hybridized carbons (Fsp3) is 0. The van der Waals surface area contributed by atoms with Gasteiger partial charge in [0.15, 0.2) is 0 Å².